The molecule has 3 rings (SSSR count). The van der Waals surface area contributed by atoms with E-state index in [2.05, 4.69) is 15.1 Å². The van der Waals surface area contributed by atoms with Crippen molar-refractivity contribution in [1.82, 2.24) is 19.7 Å². The molecule has 0 saturated heterocycles. The second-order valence-corrected chi connectivity index (χ2v) is 4.09. The summed E-state index contributed by atoms with van der Waals surface area (Å²) in [6.07, 6.45) is -2.91. The van der Waals surface area contributed by atoms with Crippen LogP contribution in [0.15, 0.2) is 36.7 Å². The lowest BCUT2D eigenvalue weighted by molar-refractivity contribution is -0.137. The molecule has 0 radical (unpaired) electrons. The number of anilines is 1. The fourth-order valence-electron chi connectivity index (χ4n) is 1.76. The second-order valence-electron chi connectivity index (χ2n) is 4.09. The molecule has 0 fully saturated rings. The zero-order valence-electron chi connectivity index (χ0n) is 9.96. The minimum absolute atomic E-state index is 0.0144. The molecule has 2 heterocycles. The third-order valence-electron chi connectivity index (χ3n) is 2.71. The van der Waals surface area contributed by atoms with Crippen LogP contribution in [0.1, 0.15) is 5.56 Å². The van der Waals surface area contributed by atoms with Crippen LogP contribution in [0, 0.1) is 0 Å². The molecule has 0 aliphatic rings. The number of fused-ring (bicyclic) bond motifs is 1. The lowest BCUT2D eigenvalue weighted by atomic mass is 10.3. The SMILES string of the molecule is Nc1nc2ccccc2nc1-n1cc(C(F)(F)F)cn1. The van der Waals surface area contributed by atoms with Gasteiger partial charge in [0.15, 0.2) is 11.6 Å². The van der Waals surface area contributed by atoms with Crippen LogP contribution in [0.2, 0.25) is 0 Å². The molecule has 0 aliphatic heterocycles. The first-order valence-electron chi connectivity index (χ1n) is 5.59. The molecule has 0 saturated carbocycles. The highest BCUT2D eigenvalue weighted by atomic mass is 19.4. The average Bonchev–Trinajstić information content (AvgIpc) is 2.87. The maximum absolute atomic E-state index is 12.5. The predicted molar refractivity (Wildman–Crippen MR) is 66.1 cm³/mol. The highest BCUT2D eigenvalue weighted by Crippen LogP contribution is 2.29. The Bertz CT molecular complexity index is 778. The number of benzene rings is 1. The molecule has 5 nitrogen and oxygen atoms in total. The van der Waals surface area contributed by atoms with Gasteiger partial charge in [-0.15, -0.1) is 0 Å². The summed E-state index contributed by atoms with van der Waals surface area (Å²) in [5, 5.41) is 3.63. The van der Waals surface area contributed by atoms with Crippen LogP contribution in [-0.2, 0) is 6.18 Å². The summed E-state index contributed by atoms with van der Waals surface area (Å²) in [7, 11) is 0. The number of hydrogen-bond donors (Lipinski definition) is 1. The smallest absolute Gasteiger partial charge is 0.381 e. The van der Waals surface area contributed by atoms with Crippen molar-refractivity contribution in [3.8, 4) is 5.82 Å². The molecule has 1 aromatic carbocycles. The maximum Gasteiger partial charge on any atom is 0.419 e. The fraction of sp³-hybridized carbons (Fsp3) is 0.0833. The zero-order chi connectivity index (χ0) is 14.3. The standard InChI is InChI=1S/C12H8F3N5/c13-12(14,15)7-5-17-20(6-7)11-10(16)18-8-3-1-2-4-9(8)19-11/h1-6H,(H2,16,18). The quantitative estimate of drug-likeness (QED) is 0.742. The summed E-state index contributed by atoms with van der Waals surface area (Å²) >= 11 is 0. The van der Waals surface area contributed by atoms with Gasteiger partial charge in [0.05, 0.1) is 22.8 Å². The minimum atomic E-state index is -4.46. The molecular formula is C12H8F3N5. The van der Waals surface area contributed by atoms with Crippen LogP contribution in [0.4, 0.5) is 19.0 Å². The number of hydrogen-bond acceptors (Lipinski definition) is 4. The molecule has 0 unspecified atom stereocenters. The number of halogens is 3. The summed E-state index contributed by atoms with van der Waals surface area (Å²) in [6, 6.07) is 6.93. The van der Waals surface area contributed by atoms with Gasteiger partial charge in [0.2, 0.25) is 0 Å². The summed E-state index contributed by atoms with van der Waals surface area (Å²) in [5.74, 6) is 0.0831. The normalized spacial score (nSPS) is 11.9. The molecule has 0 spiro atoms. The zero-order valence-corrected chi connectivity index (χ0v) is 9.96. The summed E-state index contributed by atoms with van der Waals surface area (Å²) < 4.78 is 38.6. The fourth-order valence-corrected chi connectivity index (χ4v) is 1.76. The van der Waals surface area contributed by atoms with E-state index in [0.29, 0.717) is 11.0 Å². The van der Waals surface area contributed by atoms with E-state index in [1.165, 1.54) is 0 Å². The van der Waals surface area contributed by atoms with Gasteiger partial charge in [-0.1, -0.05) is 12.1 Å². The summed E-state index contributed by atoms with van der Waals surface area (Å²) in [4.78, 5) is 8.28. The Kier molecular flexibility index (Phi) is 2.60. The van der Waals surface area contributed by atoms with Gasteiger partial charge in [0.25, 0.3) is 0 Å². The van der Waals surface area contributed by atoms with E-state index in [1.807, 2.05) is 0 Å². The van der Waals surface area contributed by atoms with Crippen LogP contribution in [0.5, 0.6) is 0 Å². The van der Waals surface area contributed by atoms with E-state index >= 15 is 0 Å². The van der Waals surface area contributed by atoms with Gasteiger partial charge in [-0.2, -0.15) is 18.3 Å². The van der Waals surface area contributed by atoms with Gasteiger partial charge < -0.3 is 5.73 Å². The number of para-hydroxylation sites is 2. The summed E-state index contributed by atoms with van der Waals surface area (Å²) in [5.41, 5.74) is 5.95. The molecule has 2 aromatic heterocycles. The Morgan fingerprint density at radius 3 is 2.30 bits per heavy atom. The largest absolute Gasteiger partial charge is 0.419 e. The number of nitrogens with two attached hydrogens (primary N) is 1. The van der Waals surface area contributed by atoms with Crippen molar-refractivity contribution >= 4 is 16.9 Å². The number of rotatable bonds is 1. The first-order chi connectivity index (χ1) is 9.45. The molecule has 0 amide bonds. The Morgan fingerprint density at radius 2 is 1.70 bits per heavy atom. The lowest BCUT2D eigenvalue weighted by Gasteiger charge is -2.06. The molecule has 20 heavy (non-hydrogen) atoms. The lowest BCUT2D eigenvalue weighted by Crippen LogP contribution is -2.07. The van der Waals surface area contributed by atoms with Crippen LogP contribution in [0.3, 0.4) is 0 Å². The summed E-state index contributed by atoms with van der Waals surface area (Å²) in [6.45, 7) is 0. The molecule has 3 aromatic rings. The topological polar surface area (TPSA) is 69.6 Å². The highest BCUT2D eigenvalue weighted by Gasteiger charge is 2.32. The van der Waals surface area contributed by atoms with Gasteiger partial charge >= 0.3 is 6.18 Å². The average molecular weight is 279 g/mol. The van der Waals surface area contributed by atoms with E-state index in [-0.39, 0.29) is 11.6 Å². The van der Waals surface area contributed by atoms with Crippen LogP contribution in [-0.4, -0.2) is 19.7 Å². The van der Waals surface area contributed by atoms with Gasteiger partial charge in [-0.25, -0.2) is 14.6 Å². The van der Waals surface area contributed by atoms with E-state index in [4.69, 9.17) is 5.73 Å². The van der Waals surface area contributed by atoms with E-state index in [1.54, 1.807) is 24.3 Å². The van der Waals surface area contributed by atoms with Crippen molar-refractivity contribution in [2.45, 2.75) is 6.18 Å². The second kappa shape index (κ2) is 4.19. The van der Waals surface area contributed by atoms with Crippen molar-refractivity contribution in [1.29, 1.82) is 0 Å². The van der Waals surface area contributed by atoms with Crippen LogP contribution < -0.4 is 5.73 Å². The Labute approximate surface area is 110 Å². The van der Waals surface area contributed by atoms with Gasteiger partial charge in [0, 0.05) is 6.20 Å². The third-order valence-corrected chi connectivity index (χ3v) is 2.71. The Morgan fingerprint density at radius 1 is 1.05 bits per heavy atom. The van der Waals surface area contributed by atoms with E-state index < -0.39 is 11.7 Å². The molecule has 102 valence electrons. The van der Waals surface area contributed by atoms with Crippen molar-refractivity contribution in [2.24, 2.45) is 0 Å². The van der Waals surface area contributed by atoms with Crippen LogP contribution >= 0.6 is 0 Å². The maximum atomic E-state index is 12.5. The Balaban J connectivity index is 2.14. The van der Waals surface area contributed by atoms with Gasteiger partial charge in [-0.3, -0.25) is 0 Å². The van der Waals surface area contributed by atoms with Crippen molar-refractivity contribution in [2.75, 3.05) is 5.73 Å². The first-order valence-corrected chi connectivity index (χ1v) is 5.59. The van der Waals surface area contributed by atoms with Crippen molar-refractivity contribution in [3.63, 3.8) is 0 Å². The molecule has 0 bridgehead atoms. The molecule has 0 aliphatic carbocycles. The van der Waals surface area contributed by atoms with Gasteiger partial charge in [0.1, 0.15) is 0 Å². The molecular weight excluding hydrogens is 271 g/mol. The molecule has 0 atom stereocenters. The minimum Gasteiger partial charge on any atom is -0.381 e. The highest BCUT2D eigenvalue weighted by molar-refractivity contribution is 5.77. The third kappa shape index (κ3) is 2.04. The van der Waals surface area contributed by atoms with Gasteiger partial charge in [-0.05, 0) is 12.1 Å². The predicted octanol–water partition coefficient (Wildman–Crippen LogP) is 2.42. The monoisotopic (exact) mass is 279 g/mol. The number of nitrogens with zero attached hydrogens (tertiary/aromatic N) is 4. The molecule has 2 N–H and O–H groups in total. The first kappa shape index (κ1) is 12.4. The van der Waals surface area contributed by atoms with Crippen molar-refractivity contribution in [3.05, 3.63) is 42.2 Å². The number of nitrogen functional groups attached to an aromatic ring is 1. The van der Waals surface area contributed by atoms with E-state index in [9.17, 15) is 13.2 Å². The number of aromatic nitrogens is 4. The van der Waals surface area contributed by atoms with Crippen LogP contribution in [0.25, 0.3) is 16.9 Å². The van der Waals surface area contributed by atoms with E-state index in [0.717, 1.165) is 17.1 Å². The number of alkyl halides is 3. The van der Waals surface area contributed by atoms with Crippen molar-refractivity contribution < 1.29 is 13.2 Å². The molecule has 8 heteroatoms. The Hall–Kier alpha value is -2.64.